The van der Waals surface area contributed by atoms with E-state index in [0.29, 0.717) is 5.69 Å². The minimum atomic E-state index is -3.85. The maximum atomic E-state index is 13.3. The molecule has 3 aromatic rings. The van der Waals surface area contributed by atoms with Crippen molar-refractivity contribution in [1.29, 1.82) is 0 Å². The van der Waals surface area contributed by atoms with Crippen LogP contribution in [0.4, 0.5) is 5.69 Å². The summed E-state index contributed by atoms with van der Waals surface area (Å²) in [6, 6.07) is 21.5. The Balaban J connectivity index is 1.86. The number of anilines is 1. The molecule has 1 amide bonds. The van der Waals surface area contributed by atoms with Gasteiger partial charge in [0, 0.05) is 12.2 Å². The molecule has 30 heavy (non-hydrogen) atoms. The monoisotopic (exact) mass is 422 g/mol. The van der Waals surface area contributed by atoms with Crippen molar-refractivity contribution in [1.82, 2.24) is 4.31 Å². The number of nitrogens with one attached hydrogen (secondary N) is 1. The molecule has 0 aliphatic heterocycles. The summed E-state index contributed by atoms with van der Waals surface area (Å²) in [5.74, 6) is -0.384. The highest BCUT2D eigenvalue weighted by atomic mass is 32.2. The third-order valence-electron chi connectivity index (χ3n) is 4.97. The molecule has 0 aliphatic carbocycles. The van der Waals surface area contributed by atoms with Crippen LogP contribution < -0.4 is 5.32 Å². The molecule has 0 aromatic heterocycles. The van der Waals surface area contributed by atoms with Crippen LogP contribution in [0.25, 0.3) is 0 Å². The van der Waals surface area contributed by atoms with Crippen LogP contribution in [0.3, 0.4) is 0 Å². The van der Waals surface area contributed by atoms with Crippen molar-refractivity contribution in [2.75, 3.05) is 11.9 Å². The van der Waals surface area contributed by atoms with Crippen LogP contribution in [0.15, 0.2) is 77.7 Å². The van der Waals surface area contributed by atoms with E-state index in [2.05, 4.69) is 5.32 Å². The minimum absolute atomic E-state index is 0.109. The van der Waals surface area contributed by atoms with E-state index in [1.807, 2.05) is 69.3 Å². The molecule has 3 rings (SSSR count). The third kappa shape index (κ3) is 5.34. The van der Waals surface area contributed by atoms with Crippen LogP contribution in [0, 0.1) is 20.8 Å². The van der Waals surface area contributed by atoms with Crippen molar-refractivity contribution < 1.29 is 13.2 Å². The number of hydrogen-bond donors (Lipinski definition) is 1. The third-order valence-corrected chi connectivity index (χ3v) is 6.78. The Hall–Kier alpha value is -2.96. The maximum absolute atomic E-state index is 13.3. The topological polar surface area (TPSA) is 66.5 Å². The minimum Gasteiger partial charge on any atom is -0.325 e. The van der Waals surface area contributed by atoms with Crippen LogP contribution in [0.5, 0.6) is 0 Å². The number of hydrogen-bond acceptors (Lipinski definition) is 3. The summed E-state index contributed by atoms with van der Waals surface area (Å²) in [4.78, 5) is 12.9. The lowest BCUT2D eigenvalue weighted by molar-refractivity contribution is -0.116. The van der Waals surface area contributed by atoms with Gasteiger partial charge < -0.3 is 5.32 Å². The molecule has 0 fully saturated rings. The Morgan fingerprint density at radius 1 is 0.867 bits per heavy atom. The molecule has 1 N–H and O–H groups in total. The van der Waals surface area contributed by atoms with Gasteiger partial charge in [0.2, 0.25) is 15.9 Å². The van der Waals surface area contributed by atoms with E-state index in [1.54, 1.807) is 24.3 Å². The van der Waals surface area contributed by atoms with Crippen molar-refractivity contribution in [3.8, 4) is 0 Å². The molecule has 0 unspecified atom stereocenters. The standard InChI is InChI=1S/C24H26N2O3S/c1-18-9-13-23(14-10-18)30(28,29)26(16-21-7-5-4-6-8-21)17-24(27)25-22-12-11-19(2)20(3)15-22/h4-15H,16-17H2,1-3H3,(H,25,27). The molecule has 0 saturated heterocycles. The van der Waals surface area contributed by atoms with Crippen molar-refractivity contribution in [3.05, 3.63) is 95.1 Å². The molecule has 6 heteroatoms. The van der Waals surface area contributed by atoms with Gasteiger partial charge in [-0.3, -0.25) is 4.79 Å². The molecule has 0 atom stereocenters. The van der Waals surface area contributed by atoms with Gasteiger partial charge in [0.1, 0.15) is 0 Å². The Morgan fingerprint density at radius 3 is 2.17 bits per heavy atom. The van der Waals surface area contributed by atoms with Crippen LogP contribution in [-0.2, 0) is 21.4 Å². The Bertz CT molecular complexity index is 1120. The average Bonchev–Trinajstić information content (AvgIpc) is 2.71. The SMILES string of the molecule is Cc1ccc(S(=O)(=O)N(CC(=O)Nc2ccc(C)c(C)c2)Cc2ccccc2)cc1. The number of carbonyl (C=O) groups is 1. The predicted octanol–water partition coefficient (Wildman–Crippen LogP) is 4.44. The number of nitrogens with zero attached hydrogens (tertiary/aromatic N) is 1. The van der Waals surface area contributed by atoms with E-state index in [-0.39, 0.29) is 23.9 Å². The van der Waals surface area contributed by atoms with E-state index >= 15 is 0 Å². The number of sulfonamides is 1. The van der Waals surface area contributed by atoms with Crippen LogP contribution >= 0.6 is 0 Å². The molecule has 0 saturated carbocycles. The van der Waals surface area contributed by atoms with Gasteiger partial charge in [-0.1, -0.05) is 54.1 Å². The maximum Gasteiger partial charge on any atom is 0.243 e. The number of carbonyl (C=O) groups excluding carboxylic acids is 1. The lowest BCUT2D eigenvalue weighted by Gasteiger charge is -2.22. The summed E-state index contributed by atoms with van der Waals surface area (Å²) in [6.45, 7) is 5.69. The summed E-state index contributed by atoms with van der Waals surface area (Å²) in [7, 11) is -3.85. The molecular weight excluding hydrogens is 396 g/mol. The highest BCUT2D eigenvalue weighted by Crippen LogP contribution is 2.20. The molecule has 5 nitrogen and oxygen atoms in total. The summed E-state index contributed by atoms with van der Waals surface area (Å²) in [6.07, 6.45) is 0. The van der Waals surface area contributed by atoms with Gasteiger partial charge in [-0.15, -0.1) is 0 Å². The van der Waals surface area contributed by atoms with Gasteiger partial charge in [0.25, 0.3) is 0 Å². The number of aryl methyl sites for hydroxylation is 3. The first kappa shape index (κ1) is 21.7. The van der Waals surface area contributed by atoms with E-state index in [0.717, 1.165) is 22.3 Å². The fourth-order valence-corrected chi connectivity index (χ4v) is 4.44. The van der Waals surface area contributed by atoms with Crippen molar-refractivity contribution in [2.45, 2.75) is 32.2 Å². The van der Waals surface area contributed by atoms with Gasteiger partial charge in [-0.05, 0) is 61.7 Å². The van der Waals surface area contributed by atoms with Crippen molar-refractivity contribution in [3.63, 3.8) is 0 Å². The molecule has 0 heterocycles. The fourth-order valence-electron chi connectivity index (χ4n) is 3.05. The van der Waals surface area contributed by atoms with Crippen LogP contribution in [-0.4, -0.2) is 25.2 Å². The van der Waals surface area contributed by atoms with Crippen molar-refractivity contribution in [2.24, 2.45) is 0 Å². The highest BCUT2D eigenvalue weighted by molar-refractivity contribution is 7.89. The van der Waals surface area contributed by atoms with E-state index in [9.17, 15) is 13.2 Å². The van der Waals surface area contributed by atoms with Gasteiger partial charge >= 0.3 is 0 Å². The molecule has 0 bridgehead atoms. The van der Waals surface area contributed by atoms with E-state index in [4.69, 9.17) is 0 Å². The van der Waals surface area contributed by atoms with Crippen LogP contribution in [0.2, 0.25) is 0 Å². The Morgan fingerprint density at radius 2 is 1.53 bits per heavy atom. The molecule has 3 aromatic carbocycles. The van der Waals surface area contributed by atoms with Crippen molar-refractivity contribution >= 4 is 21.6 Å². The first-order valence-electron chi connectivity index (χ1n) is 9.73. The summed E-state index contributed by atoms with van der Waals surface area (Å²) in [5.41, 5.74) is 4.61. The fraction of sp³-hybridized carbons (Fsp3) is 0.208. The summed E-state index contributed by atoms with van der Waals surface area (Å²) < 4.78 is 27.8. The Kier molecular flexibility index (Phi) is 6.70. The lowest BCUT2D eigenvalue weighted by Crippen LogP contribution is -2.37. The quantitative estimate of drug-likeness (QED) is 0.612. The largest absolute Gasteiger partial charge is 0.325 e. The first-order chi connectivity index (χ1) is 14.3. The second-order valence-electron chi connectivity index (χ2n) is 7.42. The van der Waals surface area contributed by atoms with E-state index in [1.165, 1.54) is 4.31 Å². The zero-order chi connectivity index (χ0) is 21.7. The Labute approximate surface area is 178 Å². The predicted molar refractivity (Wildman–Crippen MR) is 120 cm³/mol. The number of amides is 1. The molecule has 0 spiro atoms. The molecular formula is C24H26N2O3S. The van der Waals surface area contributed by atoms with Gasteiger partial charge in [-0.2, -0.15) is 4.31 Å². The molecule has 0 aliphatic rings. The van der Waals surface area contributed by atoms with Crippen LogP contribution in [0.1, 0.15) is 22.3 Å². The van der Waals surface area contributed by atoms with Gasteiger partial charge in [0.15, 0.2) is 0 Å². The van der Waals surface area contributed by atoms with E-state index < -0.39 is 10.0 Å². The molecule has 156 valence electrons. The van der Waals surface area contributed by atoms with Gasteiger partial charge in [-0.25, -0.2) is 8.42 Å². The average molecular weight is 423 g/mol. The second kappa shape index (κ2) is 9.24. The molecule has 0 radical (unpaired) electrons. The normalized spacial score (nSPS) is 11.5. The number of rotatable bonds is 7. The summed E-state index contributed by atoms with van der Waals surface area (Å²) >= 11 is 0. The first-order valence-corrected chi connectivity index (χ1v) is 11.2. The van der Waals surface area contributed by atoms with Gasteiger partial charge in [0.05, 0.1) is 11.4 Å². The summed E-state index contributed by atoms with van der Waals surface area (Å²) in [5, 5.41) is 2.81. The zero-order valence-corrected chi connectivity index (χ0v) is 18.2. The number of benzene rings is 3. The lowest BCUT2D eigenvalue weighted by atomic mass is 10.1. The second-order valence-corrected chi connectivity index (χ2v) is 9.36. The zero-order valence-electron chi connectivity index (χ0n) is 17.4. The smallest absolute Gasteiger partial charge is 0.243 e. The highest BCUT2D eigenvalue weighted by Gasteiger charge is 2.27.